The number of imidazole rings is 1. The zero-order chi connectivity index (χ0) is 23.7. The standard InChI is InChI=1S/C24H20F2N6OS/c1-15(21-28-19-5-3-4-6-20(19)32(21)23(25)26)34-24-30-29-22(16-11-13-27-14-12-16)31(24)17-7-9-18(33-2)10-8-17/h3-15,23H,1-2H3. The molecule has 10 heteroatoms. The summed E-state index contributed by atoms with van der Waals surface area (Å²) in [5, 5.41) is 8.95. The molecule has 3 aromatic heterocycles. The minimum atomic E-state index is -2.71. The van der Waals surface area contributed by atoms with E-state index in [9.17, 15) is 8.78 Å². The molecule has 0 saturated carbocycles. The fourth-order valence-corrected chi connectivity index (χ4v) is 4.74. The lowest BCUT2D eigenvalue weighted by Gasteiger charge is -2.15. The Morgan fingerprint density at radius 3 is 2.38 bits per heavy atom. The molecule has 0 fully saturated rings. The van der Waals surface area contributed by atoms with Crippen LogP contribution in [0, 0.1) is 0 Å². The van der Waals surface area contributed by atoms with Crippen LogP contribution in [0.4, 0.5) is 8.78 Å². The van der Waals surface area contributed by atoms with Crippen LogP contribution < -0.4 is 4.74 Å². The highest BCUT2D eigenvalue weighted by atomic mass is 32.2. The van der Waals surface area contributed by atoms with Crippen molar-refractivity contribution in [1.29, 1.82) is 0 Å². The van der Waals surface area contributed by atoms with Gasteiger partial charge >= 0.3 is 6.55 Å². The number of pyridine rings is 1. The SMILES string of the molecule is COc1ccc(-n2c(SC(C)c3nc4ccccc4n3C(F)F)nnc2-c2ccncc2)cc1. The number of thioether (sulfide) groups is 1. The molecule has 172 valence electrons. The van der Waals surface area contributed by atoms with Gasteiger partial charge in [-0.15, -0.1) is 10.2 Å². The summed E-state index contributed by atoms with van der Waals surface area (Å²) in [6, 6.07) is 18.1. The van der Waals surface area contributed by atoms with E-state index in [2.05, 4.69) is 20.2 Å². The van der Waals surface area contributed by atoms with Gasteiger partial charge in [0.05, 0.1) is 23.4 Å². The van der Waals surface area contributed by atoms with Crippen molar-refractivity contribution >= 4 is 22.8 Å². The van der Waals surface area contributed by atoms with Crippen molar-refractivity contribution in [2.45, 2.75) is 23.9 Å². The smallest absolute Gasteiger partial charge is 0.320 e. The van der Waals surface area contributed by atoms with E-state index in [-0.39, 0.29) is 5.82 Å². The van der Waals surface area contributed by atoms with E-state index in [1.54, 1.807) is 43.8 Å². The molecule has 0 aliphatic carbocycles. The predicted molar refractivity (Wildman–Crippen MR) is 126 cm³/mol. The van der Waals surface area contributed by atoms with Crippen molar-refractivity contribution in [3.63, 3.8) is 0 Å². The van der Waals surface area contributed by atoms with Gasteiger partial charge in [-0.2, -0.15) is 8.78 Å². The van der Waals surface area contributed by atoms with Crippen LogP contribution in [0.3, 0.4) is 0 Å². The number of ether oxygens (including phenoxy) is 1. The molecule has 34 heavy (non-hydrogen) atoms. The van der Waals surface area contributed by atoms with E-state index in [1.807, 2.05) is 47.9 Å². The molecule has 0 amide bonds. The van der Waals surface area contributed by atoms with Crippen LogP contribution in [0.15, 0.2) is 78.2 Å². The Balaban J connectivity index is 1.59. The molecular formula is C24H20F2N6OS. The number of methoxy groups -OCH3 is 1. The first-order valence-corrected chi connectivity index (χ1v) is 11.4. The van der Waals surface area contributed by atoms with E-state index in [4.69, 9.17) is 4.74 Å². The number of halogens is 2. The third-order valence-electron chi connectivity index (χ3n) is 5.37. The normalized spacial score (nSPS) is 12.4. The van der Waals surface area contributed by atoms with Gasteiger partial charge in [-0.3, -0.25) is 14.1 Å². The molecule has 2 aromatic carbocycles. The quantitative estimate of drug-likeness (QED) is 0.270. The van der Waals surface area contributed by atoms with Gasteiger partial charge in [-0.1, -0.05) is 23.9 Å². The van der Waals surface area contributed by atoms with E-state index in [0.29, 0.717) is 22.0 Å². The van der Waals surface area contributed by atoms with E-state index in [1.165, 1.54) is 11.8 Å². The van der Waals surface area contributed by atoms with Gasteiger partial charge in [0.2, 0.25) is 0 Å². The Labute approximate surface area is 198 Å². The minimum absolute atomic E-state index is 0.274. The summed E-state index contributed by atoms with van der Waals surface area (Å²) in [6.45, 7) is -0.874. The first kappa shape index (κ1) is 22.0. The fraction of sp³-hybridized carbons (Fsp3) is 0.167. The maximum absolute atomic E-state index is 14.0. The van der Waals surface area contributed by atoms with Crippen molar-refractivity contribution in [3.8, 4) is 22.8 Å². The van der Waals surface area contributed by atoms with Crippen LogP contribution in [-0.4, -0.2) is 36.4 Å². The molecule has 3 heterocycles. The van der Waals surface area contributed by atoms with Crippen molar-refractivity contribution in [3.05, 3.63) is 78.9 Å². The highest BCUT2D eigenvalue weighted by Crippen LogP contribution is 2.39. The lowest BCUT2D eigenvalue weighted by Crippen LogP contribution is -2.07. The zero-order valence-corrected chi connectivity index (χ0v) is 19.2. The largest absolute Gasteiger partial charge is 0.497 e. The number of para-hydroxylation sites is 2. The maximum Gasteiger partial charge on any atom is 0.320 e. The number of rotatable bonds is 7. The third kappa shape index (κ3) is 4.01. The molecule has 0 aliphatic heterocycles. The van der Waals surface area contributed by atoms with Crippen molar-refractivity contribution in [2.75, 3.05) is 7.11 Å². The van der Waals surface area contributed by atoms with Gasteiger partial charge in [-0.05, 0) is 55.5 Å². The van der Waals surface area contributed by atoms with Crippen molar-refractivity contribution in [1.82, 2.24) is 29.3 Å². The molecule has 0 saturated heterocycles. The molecule has 0 bridgehead atoms. The van der Waals surface area contributed by atoms with Crippen LogP contribution in [0.1, 0.15) is 24.5 Å². The van der Waals surface area contributed by atoms with Gasteiger partial charge in [0, 0.05) is 23.6 Å². The number of alkyl halides is 2. The van der Waals surface area contributed by atoms with Crippen LogP contribution in [0.2, 0.25) is 0 Å². The lowest BCUT2D eigenvalue weighted by molar-refractivity contribution is 0.0715. The molecule has 0 radical (unpaired) electrons. The van der Waals surface area contributed by atoms with E-state index in [0.717, 1.165) is 21.6 Å². The summed E-state index contributed by atoms with van der Waals surface area (Å²) < 4.78 is 36.1. The number of fused-ring (bicyclic) bond motifs is 1. The van der Waals surface area contributed by atoms with E-state index >= 15 is 0 Å². The van der Waals surface area contributed by atoms with Crippen LogP contribution in [0.5, 0.6) is 5.75 Å². The average molecular weight is 479 g/mol. The highest BCUT2D eigenvalue weighted by molar-refractivity contribution is 7.99. The van der Waals surface area contributed by atoms with Crippen LogP contribution in [-0.2, 0) is 0 Å². The molecule has 5 aromatic rings. The fourth-order valence-electron chi connectivity index (χ4n) is 3.76. The van der Waals surface area contributed by atoms with E-state index < -0.39 is 11.8 Å². The number of benzene rings is 2. The molecule has 0 spiro atoms. The lowest BCUT2D eigenvalue weighted by atomic mass is 10.2. The molecule has 1 unspecified atom stereocenters. The number of hydrogen-bond donors (Lipinski definition) is 0. The molecule has 5 rings (SSSR count). The van der Waals surface area contributed by atoms with Crippen molar-refractivity contribution in [2.24, 2.45) is 0 Å². The second kappa shape index (κ2) is 9.22. The average Bonchev–Trinajstić information content (AvgIpc) is 3.46. The summed E-state index contributed by atoms with van der Waals surface area (Å²) >= 11 is 1.32. The van der Waals surface area contributed by atoms with Gasteiger partial charge in [0.1, 0.15) is 11.6 Å². The summed E-state index contributed by atoms with van der Waals surface area (Å²) in [5.41, 5.74) is 2.57. The van der Waals surface area contributed by atoms with Crippen LogP contribution in [0.25, 0.3) is 28.1 Å². The zero-order valence-electron chi connectivity index (χ0n) is 18.3. The molecule has 0 N–H and O–H groups in total. The summed E-state index contributed by atoms with van der Waals surface area (Å²) in [5.74, 6) is 1.61. The molecule has 1 atom stereocenters. The van der Waals surface area contributed by atoms with Gasteiger partial charge in [-0.25, -0.2) is 4.98 Å². The third-order valence-corrected chi connectivity index (χ3v) is 6.41. The molecule has 0 aliphatic rings. The van der Waals surface area contributed by atoms with Crippen molar-refractivity contribution < 1.29 is 13.5 Å². The van der Waals surface area contributed by atoms with Gasteiger partial charge in [0.15, 0.2) is 11.0 Å². The minimum Gasteiger partial charge on any atom is -0.497 e. The Bertz CT molecular complexity index is 1420. The predicted octanol–water partition coefficient (Wildman–Crippen LogP) is 5.94. The highest BCUT2D eigenvalue weighted by Gasteiger charge is 2.25. The van der Waals surface area contributed by atoms with Crippen LogP contribution >= 0.6 is 11.8 Å². The Kier molecular flexibility index (Phi) is 5.97. The summed E-state index contributed by atoms with van der Waals surface area (Å²) in [4.78, 5) is 8.58. The number of aromatic nitrogens is 6. The Morgan fingerprint density at radius 1 is 0.941 bits per heavy atom. The van der Waals surface area contributed by atoms with Gasteiger partial charge < -0.3 is 4.74 Å². The molecular weight excluding hydrogens is 458 g/mol. The maximum atomic E-state index is 14.0. The first-order valence-electron chi connectivity index (χ1n) is 10.5. The second-order valence-electron chi connectivity index (χ2n) is 7.44. The number of nitrogens with zero attached hydrogens (tertiary/aromatic N) is 6. The Hall–Kier alpha value is -3.79. The summed E-state index contributed by atoms with van der Waals surface area (Å²) in [6.07, 6.45) is 3.37. The topological polar surface area (TPSA) is 70.7 Å². The first-order chi connectivity index (χ1) is 16.6. The molecule has 7 nitrogen and oxygen atoms in total. The Morgan fingerprint density at radius 2 is 1.68 bits per heavy atom. The summed E-state index contributed by atoms with van der Waals surface area (Å²) in [7, 11) is 1.61. The second-order valence-corrected chi connectivity index (χ2v) is 8.75. The monoisotopic (exact) mass is 478 g/mol. The van der Waals surface area contributed by atoms with Gasteiger partial charge in [0.25, 0.3) is 0 Å². The number of hydrogen-bond acceptors (Lipinski definition) is 6.